The zero-order chi connectivity index (χ0) is 18.7. The van der Waals surface area contributed by atoms with Gasteiger partial charge in [0, 0.05) is 11.4 Å². The minimum atomic E-state index is -0.866. The molecule has 1 amide bonds. The molecule has 0 unspecified atom stereocenters. The molecule has 2 N–H and O–H groups in total. The molecule has 0 bridgehead atoms. The van der Waals surface area contributed by atoms with Gasteiger partial charge in [0.2, 0.25) is 5.91 Å². The first-order valence-corrected chi connectivity index (χ1v) is 10.8. The molecule has 1 aliphatic rings. The Balaban J connectivity index is 1.71. The maximum atomic E-state index is 12.6. The number of anilines is 1. The number of thioether (sulfide) groups is 1. The van der Waals surface area contributed by atoms with Gasteiger partial charge in [-0.2, -0.15) is 0 Å². The maximum absolute atomic E-state index is 12.6. The number of hydrogen-bond donors (Lipinski definition) is 2. The van der Waals surface area contributed by atoms with Gasteiger partial charge in [0.15, 0.2) is 4.34 Å². The number of thiazole rings is 1. The summed E-state index contributed by atoms with van der Waals surface area (Å²) in [6, 6.07) is 5.69. The summed E-state index contributed by atoms with van der Waals surface area (Å²) < 4.78 is 2.07. The zero-order valence-corrected chi connectivity index (χ0v) is 16.7. The number of carbonyl (C=O) groups is 2. The van der Waals surface area contributed by atoms with E-state index in [0.29, 0.717) is 24.4 Å². The Bertz CT molecular complexity index is 803. The van der Waals surface area contributed by atoms with Crippen LogP contribution in [0.5, 0.6) is 0 Å². The monoisotopic (exact) mass is 392 g/mol. The van der Waals surface area contributed by atoms with Crippen molar-refractivity contribution in [2.75, 3.05) is 11.1 Å². The Labute approximate surface area is 161 Å². The lowest BCUT2D eigenvalue weighted by Crippen LogP contribution is -2.36. The lowest BCUT2D eigenvalue weighted by molar-refractivity contribution is -0.147. The highest BCUT2D eigenvalue weighted by Gasteiger charge is 2.35. The molecule has 5 nitrogen and oxygen atoms in total. The number of benzene rings is 1. The van der Waals surface area contributed by atoms with Crippen LogP contribution in [0.1, 0.15) is 39.5 Å². The number of nitrogens with one attached hydrogen (secondary N) is 1. The van der Waals surface area contributed by atoms with Crippen molar-refractivity contribution in [2.24, 2.45) is 17.8 Å². The molecule has 1 aromatic heterocycles. The van der Waals surface area contributed by atoms with E-state index >= 15 is 0 Å². The summed E-state index contributed by atoms with van der Waals surface area (Å²) in [5.41, 5.74) is 1.64. The SMILES string of the molecule is CC(C)CSc1nc2ccc(NC(=O)[C@H]3CCCC[C@H]3C(=O)O)cc2s1. The predicted molar refractivity (Wildman–Crippen MR) is 107 cm³/mol. The van der Waals surface area contributed by atoms with Crippen LogP contribution in [-0.4, -0.2) is 27.7 Å². The molecule has 0 saturated heterocycles. The van der Waals surface area contributed by atoms with Crippen LogP contribution in [0.25, 0.3) is 10.2 Å². The Morgan fingerprint density at radius 1 is 1.31 bits per heavy atom. The van der Waals surface area contributed by atoms with Gasteiger partial charge >= 0.3 is 5.97 Å². The van der Waals surface area contributed by atoms with Crippen LogP contribution < -0.4 is 5.32 Å². The fourth-order valence-corrected chi connectivity index (χ4v) is 5.34. The highest BCUT2D eigenvalue weighted by Crippen LogP contribution is 2.34. The van der Waals surface area contributed by atoms with Crippen molar-refractivity contribution in [1.82, 2.24) is 4.98 Å². The second-order valence-electron chi connectivity index (χ2n) is 7.19. The van der Waals surface area contributed by atoms with Crippen molar-refractivity contribution in [1.29, 1.82) is 0 Å². The van der Waals surface area contributed by atoms with Crippen LogP contribution in [-0.2, 0) is 9.59 Å². The highest BCUT2D eigenvalue weighted by atomic mass is 32.2. The molecule has 3 rings (SSSR count). The predicted octanol–water partition coefficient (Wildman–Crippen LogP) is 4.87. The maximum Gasteiger partial charge on any atom is 0.307 e. The molecule has 7 heteroatoms. The quantitative estimate of drug-likeness (QED) is 0.685. The van der Waals surface area contributed by atoms with Gasteiger partial charge in [0.1, 0.15) is 0 Å². The van der Waals surface area contributed by atoms with E-state index in [2.05, 4.69) is 24.1 Å². The molecule has 2 atom stereocenters. The minimum Gasteiger partial charge on any atom is -0.481 e. The molecule has 0 aliphatic heterocycles. The Kier molecular flexibility index (Phi) is 6.19. The topological polar surface area (TPSA) is 79.3 Å². The van der Waals surface area contributed by atoms with E-state index in [9.17, 15) is 14.7 Å². The fraction of sp³-hybridized carbons (Fsp3) is 0.526. The molecule has 1 aromatic carbocycles. The first-order valence-electron chi connectivity index (χ1n) is 9.01. The minimum absolute atomic E-state index is 0.185. The van der Waals surface area contributed by atoms with Crippen molar-refractivity contribution in [3.05, 3.63) is 18.2 Å². The van der Waals surface area contributed by atoms with E-state index in [-0.39, 0.29) is 5.91 Å². The van der Waals surface area contributed by atoms with Crippen LogP contribution in [0, 0.1) is 17.8 Å². The van der Waals surface area contributed by atoms with Crippen molar-refractivity contribution >= 4 is 50.9 Å². The van der Waals surface area contributed by atoms with Gasteiger partial charge in [0.25, 0.3) is 0 Å². The summed E-state index contributed by atoms with van der Waals surface area (Å²) in [6.45, 7) is 4.37. The number of amides is 1. The van der Waals surface area contributed by atoms with E-state index in [4.69, 9.17) is 0 Å². The van der Waals surface area contributed by atoms with E-state index < -0.39 is 17.8 Å². The van der Waals surface area contributed by atoms with E-state index in [1.54, 1.807) is 23.1 Å². The second kappa shape index (κ2) is 8.39. The van der Waals surface area contributed by atoms with Gasteiger partial charge in [-0.25, -0.2) is 4.98 Å². The Hall–Kier alpha value is -1.60. The normalized spacial score (nSPS) is 20.4. The van der Waals surface area contributed by atoms with Crippen LogP contribution in [0.2, 0.25) is 0 Å². The molecule has 26 heavy (non-hydrogen) atoms. The largest absolute Gasteiger partial charge is 0.481 e. The molecular weight excluding hydrogens is 368 g/mol. The smallest absolute Gasteiger partial charge is 0.307 e. The molecule has 1 fully saturated rings. The van der Waals surface area contributed by atoms with Crippen molar-refractivity contribution in [3.63, 3.8) is 0 Å². The molecule has 1 saturated carbocycles. The number of aliphatic carboxylic acids is 1. The second-order valence-corrected chi connectivity index (χ2v) is 9.49. The third-order valence-electron chi connectivity index (χ3n) is 4.60. The Morgan fingerprint density at radius 2 is 2.04 bits per heavy atom. The molecular formula is C19H24N2O3S2. The van der Waals surface area contributed by atoms with Gasteiger partial charge in [-0.05, 0) is 37.0 Å². The van der Waals surface area contributed by atoms with E-state index in [1.165, 1.54) is 0 Å². The number of hydrogen-bond acceptors (Lipinski definition) is 5. The average Bonchev–Trinajstić information content (AvgIpc) is 3.02. The lowest BCUT2D eigenvalue weighted by atomic mass is 9.78. The standard InChI is InChI=1S/C19H24N2O3S2/c1-11(2)10-25-19-21-15-8-7-12(9-16(15)26-19)20-17(22)13-5-3-4-6-14(13)18(23)24/h7-9,11,13-14H,3-6,10H2,1-2H3,(H,20,22)(H,23,24)/t13-,14+/m0/s1. The number of carboxylic acid groups (broad SMARTS) is 1. The van der Waals surface area contributed by atoms with E-state index in [1.807, 2.05) is 18.2 Å². The third-order valence-corrected chi connectivity index (χ3v) is 7.18. The van der Waals surface area contributed by atoms with E-state index in [0.717, 1.165) is 33.2 Å². The first kappa shape index (κ1) is 19.2. The average molecular weight is 393 g/mol. The number of nitrogens with zero attached hydrogens (tertiary/aromatic N) is 1. The van der Waals surface area contributed by atoms with Crippen molar-refractivity contribution in [2.45, 2.75) is 43.9 Å². The number of carboxylic acids is 1. The van der Waals surface area contributed by atoms with Crippen molar-refractivity contribution < 1.29 is 14.7 Å². The van der Waals surface area contributed by atoms with Gasteiger partial charge in [-0.3, -0.25) is 9.59 Å². The summed E-state index contributed by atoms with van der Waals surface area (Å²) in [5, 5.41) is 12.3. The fourth-order valence-electron chi connectivity index (χ4n) is 3.26. The van der Waals surface area contributed by atoms with Crippen LogP contribution >= 0.6 is 23.1 Å². The molecule has 1 aliphatic carbocycles. The Morgan fingerprint density at radius 3 is 2.73 bits per heavy atom. The number of fused-ring (bicyclic) bond motifs is 1. The van der Waals surface area contributed by atoms with Crippen LogP contribution in [0.4, 0.5) is 5.69 Å². The molecule has 2 aromatic rings. The third kappa shape index (κ3) is 4.57. The number of rotatable bonds is 6. The van der Waals surface area contributed by atoms with Crippen LogP contribution in [0.15, 0.2) is 22.5 Å². The number of aromatic nitrogens is 1. The zero-order valence-electron chi connectivity index (χ0n) is 15.0. The molecule has 140 valence electrons. The van der Waals surface area contributed by atoms with Gasteiger partial charge in [0.05, 0.1) is 22.1 Å². The summed E-state index contributed by atoms with van der Waals surface area (Å²) >= 11 is 3.38. The molecule has 0 spiro atoms. The summed E-state index contributed by atoms with van der Waals surface area (Å²) in [7, 11) is 0. The summed E-state index contributed by atoms with van der Waals surface area (Å²) in [4.78, 5) is 28.7. The number of carbonyl (C=O) groups excluding carboxylic acids is 1. The van der Waals surface area contributed by atoms with Crippen LogP contribution in [0.3, 0.4) is 0 Å². The molecule has 0 radical (unpaired) electrons. The first-order chi connectivity index (χ1) is 12.4. The van der Waals surface area contributed by atoms with Gasteiger partial charge in [-0.1, -0.05) is 38.5 Å². The highest BCUT2D eigenvalue weighted by molar-refractivity contribution is 8.01. The van der Waals surface area contributed by atoms with Gasteiger partial charge in [-0.15, -0.1) is 11.3 Å². The summed E-state index contributed by atoms with van der Waals surface area (Å²) in [6.07, 6.45) is 3.01. The summed E-state index contributed by atoms with van der Waals surface area (Å²) in [5.74, 6) is -0.434. The van der Waals surface area contributed by atoms with Gasteiger partial charge < -0.3 is 10.4 Å². The van der Waals surface area contributed by atoms with Crippen molar-refractivity contribution in [3.8, 4) is 0 Å². The lowest BCUT2D eigenvalue weighted by Gasteiger charge is -2.27. The molecule has 1 heterocycles.